The van der Waals surface area contributed by atoms with Gasteiger partial charge >= 0.3 is 5.97 Å². The number of amides is 1. The molecule has 1 amide bonds. The summed E-state index contributed by atoms with van der Waals surface area (Å²) in [6.45, 7) is 3.17. The molecule has 1 aromatic heterocycles. The van der Waals surface area contributed by atoms with Gasteiger partial charge in [-0.2, -0.15) is 0 Å². The van der Waals surface area contributed by atoms with E-state index in [0.717, 1.165) is 24.0 Å². The number of nitrogens with zero attached hydrogens (tertiary/aromatic N) is 2. The summed E-state index contributed by atoms with van der Waals surface area (Å²) in [5.41, 5.74) is 2.59. The van der Waals surface area contributed by atoms with Crippen LogP contribution in [0.25, 0.3) is 0 Å². The van der Waals surface area contributed by atoms with E-state index in [-0.39, 0.29) is 17.9 Å². The second kappa shape index (κ2) is 12.3. The van der Waals surface area contributed by atoms with E-state index in [1.807, 2.05) is 42.5 Å². The largest absolute Gasteiger partial charge is 0.465 e. The molecule has 0 spiro atoms. The molecule has 0 radical (unpaired) electrons. The third-order valence-corrected chi connectivity index (χ3v) is 5.06. The van der Waals surface area contributed by atoms with Crippen LogP contribution < -0.4 is 16.0 Å². The molecule has 0 aliphatic heterocycles. The molecule has 0 aliphatic carbocycles. The summed E-state index contributed by atoms with van der Waals surface area (Å²) in [4.78, 5) is 32.8. The fraction of sp³-hybridized carbons (Fsp3) is 0.280. The van der Waals surface area contributed by atoms with Gasteiger partial charge in [-0.3, -0.25) is 4.79 Å². The molecule has 0 aliphatic rings. The Morgan fingerprint density at radius 1 is 0.939 bits per heavy atom. The van der Waals surface area contributed by atoms with Gasteiger partial charge in [-0.25, -0.2) is 14.8 Å². The maximum atomic E-state index is 12.8. The molecular weight excluding hydrogens is 418 g/mol. The number of rotatable bonds is 11. The van der Waals surface area contributed by atoms with Crippen LogP contribution in [0.5, 0.6) is 0 Å². The highest BCUT2D eigenvalue weighted by atomic mass is 16.5. The summed E-state index contributed by atoms with van der Waals surface area (Å²) >= 11 is 0. The Morgan fingerprint density at radius 3 is 2.33 bits per heavy atom. The van der Waals surface area contributed by atoms with Gasteiger partial charge in [-0.1, -0.05) is 55.8 Å². The second-order valence-electron chi connectivity index (χ2n) is 7.53. The number of hydrogen-bond acceptors (Lipinski definition) is 7. The van der Waals surface area contributed by atoms with Crippen LogP contribution in [0, 0.1) is 0 Å². The molecule has 3 rings (SSSR count). The summed E-state index contributed by atoms with van der Waals surface area (Å²) in [6.07, 6.45) is 3.01. The van der Waals surface area contributed by atoms with Crippen LogP contribution in [0.15, 0.2) is 67.0 Å². The molecule has 1 atom stereocenters. The van der Waals surface area contributed by atoms with Crippen molar-refractivity contribution in [1.82, 2.24) is 15.3 Å². The Bertz CT molecular complexity index is 1040. The number of methoxy groups -OCH3 is 1. The normalized spacial score (nSPS) is 11.5. The fourth-order valence-electron chi connectivity index (χ4n) is 3.26. The minimum Gasteiger partial charge on any atom is -0.465 e. The number of anilines is 2. The Hall–Kier alpha value is -3.78. The van der Waals surface area contributed by atoms with E-state index in [9.17, 15) is 9.59 Å². The molecule has 8 nitrogen and oxygen atoms in total. The number of nitrogens with one attached hydrogen (secondary N) is 3. The lowest BCUT2D eigenvalue weighted by Crippen LogP contribution is -2.40. The molecule has 0 saturated carbocycles. The Labute approximate surface area is 193 Å². The molecule has 1 heterocycles. The van der Waals surface area contributed by atoms with Crippen LogP contribution in [0.4, 0.5) is 11.6 Å². The van der Waals surface area contributed by atoms with Crippen molar-refractivity contribution in [3.63, 3.8) is 0 Å². The van der Waals surface area contributed by atoms with Crippen molar-refractivity contribution < 1.29 is 14.3 Å². The Balaban J connectivity index is 1.56. The van der Waals surface area contributed by atoms with Crippen molar-refractivity contribution in [1.29, 1.82) is 0 Å². The third kappa shape index (κ3) is 7.40. The van der Waals surface area contributed by atoms with Crippen molar-refractivity contribution in [2.45, 2.75) is 38.9 Å². The maximum absolute atomic E-state index is 12.8. The summed E-state index contributed by atoms with van der Waals surface area (Å²) in [5, 5.41) is 9.42. The van der Waals surface area contributed by atoms with E-state index >= 15 is 0 Å². The molecule has 3 N–H and O–H groups in total. The number of hydrogen-bond donors (Lipinski definition) is 3. The van der Waals surface area contributed by atoms with Crippen molar-refractivity contribution in [3.8, 4) is 0 Å². The molecular formula is C25H29N5O3. The number of aromatic nitrogens is 2. The minimum atomic E-state index is -0.370. The van der Waals surface area contributed by atoms with Gasteiger partial charge in [0.2, 0.25) is 5.91 Å². The first kappa shape index (κ1) is 23.9. The van der Waals surface area contributed by atoms with Crippen molar-refractivity contribution >= 4 is 23.5 Å². The fourth-order valence-corrected chi connectivity index (χ4v) is 3.26. The first-order valence-electron chi connectivity index (χ1n) is 10.9. The smallest absolute Gasteiger partial charge is 0.337 e. The summed E-state index contributed by atoms with van der Waals surface area (Å²) < 4.78 is 4.71. The molecule has 2 aromatic carbocycles. The highest BCUT2D eigenvalue weighted by Gasteiger charge is 2.18. The van der Waals surface area contributed by atoms with Gasteiger partial charge in [0.25, 0.3) is 0 Å². The zero-order valence-electron chi connectivity index (χ0n) is 18.9. The Morgan fingerprint density at radius 2 is 1.64 bits per heavy atom. The van der Waals surface area contributed by atoms with E-state index in [1.54, 1.807) is 18.2 Å². The molecule has 33 heavy (non-hydrogen) atoms. The average Bonchev–Trinajstić information content (AvgIpc) is 2.86. The van der Waals surface area contributed by atoms with E-state index < -0.39 is 0 Å². The van der Waals surface area contributed by atoms with E-state index in [4.69, 9.17) is 4.74 Å². The number of benzene rings is 2. The van der Waals surface area contributed by atoms with Gasteiger partial charge in [-0.15, -0.1) is 0 Å². The zero-order chi connectivity index (χ0) is 23.5. The van der Waals surface area contributed by atoms with Crippen molar-refractivity contribution in [3.05, 3.63) is 83.7 Å². The first-order valence-corrected chi connectivity index (χ1v) is 10.9. The monoisotopic (exact) mass is 447 g/mol. The number of esters is 1. The van der Waals surface area contributed by atoms with Crippen LogP contribution in [0.3, 0.4) is 0 Å². The quantitative estimate of drug-likeness (QED) is 0.384. The minimum absolute atomic E-state index is 0.129. The highest BCUT2D eigenvalue weighted by molar-refractivity contribution is 5.94. The Kier molecular flexibility index (Phi) is 8.90. The van der Waals surface area contributed by atoms with Crippen molar-refractivity contribution in [2.75, 3.05) is 17.7 Å². The third-order valence-electron chi connectivity index (χ3n) is 5.06. The summed E-state index contributed by atoms with van der Waals surface area (Å²) in [7, 11) is 1.35. The lowest BCUT2D eigenvalue weighted by atomic mass is 10.1. The highest BCUT2D eigenvalue weighted by Crippen LogP contribution is 2.13. The SMILES string of the molecule is CCCC(NCc1ccccc1)C(=O)Nc1cc(NCc2ccc(C(=O)OC)cc2)ncn1. The first-order chi connectivity index (χ1) is 16.1. The van der Waals surface area contributed by atoms with Gasteiger partial charge in [0.1, 0.15) is 18.0 Å². The van der Waals surface area contributed by atoms with Crippen molar-refractivity contribution in [2.24, 2.45) is 0 Å². The number of ether oxygens (including phenoxy) is 1. The van der Waals surface area contributed by atoms with Gasteiger partial charge in [0.15, 0.2) is 0 Å². The van der Waals surface area contributed by atoms with Crippen LogP contribution in [-0.4, -0.2) is 35.0 Å². The standard InChI is InChI=1S/C25H29N5O3/c1-3-7-21(26-15-18-8-5-4-6-9-18)24(31)30-23-14-22(28-17-29-23)27-16-19-10-12-20(13-11-19)25(32)33-2/h4-6,8-14,17,21,26H,3,7,15-16H2,1-2H3,(H2,27,28,29,30,31). The molecule has 0 fully saturated rings. The summed E-state index contributed by atoms with van der Waals surface area (Å²) in [6, 6.07) is 18.5. The van der Waals surface area contributed by atoms with Crippen LogP contribution in [0.1, 0.15) is 41.3 Å². The molecule has 0 bridgehead atoms. The molecule has 3 aromatic rings. The predicted molar refractivity (Wildman–Crippen MR) is 128 cm³/mol. The predicted octanol–water partition coefficient (Wildman–Crippen LogP) is 3.77. The van der Waals surface area contributed by atoms with E-state index in [1.165, 1.54) is 13.4 Å². The average molecular weight is 448 g/mol. The topological polar surface area (TPSA) is 105 Å². The van der Waals surface area contributed by atoms with Gasteiger partial charge in [0.05, 0.1) is 18.7 Å². The number of carbonyl (C=O) groups excluding carboxylic acids is 2. The lowest BCUT2D eigenvalue weighted by molar-refractivity contribution is -0.118. The van der Waals surface area contributed by atoms with Crippen LogP contribution >= 0.6 is 0 Å². The summed E-state index contributed by atoms with van der Waals surface area (Å²) in [5.74, 6) is 0.518. The molecule has 172 valence electrons. The van der Waals surface area contributed by atoms with Crippen LogP contribution in [0.2, 0.25) is 0 Å². The van der Waals surface area contributed by atoms with Gasteiger partial charge < -0.3 is 20.7 Å². The van der Waals surface area contributed by atoms with E-state index in [2.05, 4.69) is 32.8 Å². The zero-order valence-corrected chi connectivity index (χ0v) is 18.9. The van der Waals surface area contributed by atoms with Gasteiger partial charge in [-0.05, 0) is 29.7 Å². The molecule has 0 saturated heterocycles. The van der Waals surface area contributed by atoms with Gasteiger partial charge in [0, 0.05) is 19.2 Å². The van der Waals surface area contributed by atoms with E-state index in [0.29, 0.717) is 30.3 Å². The lowest BCUT2D eigenvalue weighted by Gasteiger charge is -2.18. The van der Waals surface area contributed by atoms with Crippen LogP contribution in [-0.2, 0) is 22.6 Å². The maximum Gasteiger partial charge on any atom is 0.337 e. The number of carbonyl (C=O) groups is 2. The molecule has 8 heteroatoms. The second-order valence-corrected chi connectivity index (χ2v) is 7.53. The molecule has 1 unspecified atom stereocenters.